The van der Waals surface area contributed by atoms with E-state index in [9.17, 15) is 32.3 Å². The van der Waals surface area contributed by atoms with E-state index in [-0.39, 0.29) is 41.4 Å². The first kappa shape index (κ1) is 49.4. The number of ether oxygens (including phenoxy) is 1. The van der Waals surface area contributed by atoms with E-state index in [1.54, 1.807) is 16.9 Å². The number of rotatable bonds is 13. The number of amides is 4. The van der Waals surface area contributed by atoms with Gasteiger partial charge in [-0.05, 0) is 86.5 Å². The number of benzene rings is 4. The van der Waals surface area contributed by atoms with Crippen molar-refractivity contribution in [2.24, 2.45) is 13.0 Å². The van der Waals surface area contributed by atoms with E-state index >= 15 is 4.39 Å². The maximum atomic E-state index is 15.6. The number of aryl methyl sites for hydroxylation is 1. The molecule has 3 fully saturated rings. The van der Waals surface area contributed by atoms with Crippen molar-refractivity contribution in [3.8, 4) is 16.9 Å². The molecule has 0 spiro atoms. The zero-order valence-electron chi connectivity index (χ0n) is 40.7. The van der Waals surface area contributed by atoms with Crippen molar-refractivity contribution >= 4 is 82.1 Å². The van der Waals surface area contributed by atoms with Gasteiger partial charge in [0.25, 0.3) is 11.8 Å². The van der Waals surface area contributed by atoms with Gasteiger partial charge in [-0.1, -0.05) is 38.3 Å². The van der Waals surface area contributed by atoms with Gasteiger partial charge in [-0.3, -0.25) is 39.0 Å². The maximum Gasteiger partial charge on any atom is 0.421 e. The molecule has 4 amide bonds. The summed E-state index contributed by atoms with van der Waals surface area (Å²) in [6, 6.07) is 16.7. The first-order valence-corrected chi connectivity index (χ1v) is 26.4. The Morgan fingerprint density at radius 2 is 1.55 bits per heavy atom. The van der Waals surface area contributed by atoms with Gasteiger partial charge in [0.2, 0.25) is 17.8 Å². The van der Waals surface area contributed by atoms with Gasteiger partial charge in [0.15, 0.2) is 0 Å². The van der Waals surface area contributed by atoms with Crippen molar-refractivity contribution < 1.29 is 41.5 Å². The van der Waals surface area contributed by atoms with Crippen LogP contribution in [0.15, 0.2) is 79.3 Å². The van der Waals surface area contributed by atoms with E-state index in [0.29, 0.717) is 49.2 Å². The normalized spacial score (nSPS) is 18.0. The molecule has 0 saturated carbocycles. The van der Waals surface area contributed by atoms with Crippen molar-refractivity contribution in [2.45, 2.75) is 44.3 Å². The van der Waals surface area contributed by atoms with Crippen LogP contribution in [-0.2, 0) is 22.8 Å². The molecular formula is C52H54F4N11O5P. The lowest BCUT2D eigenvalue weighted by molar-refractivity contribution is -0.138. The molecule has 4 aliphatic heterocycles. The van der Waals surface area contributed by atoms with Crippen molar-refractivity contribution in [1.82, 2.24) is 34.9 Å². The van der Waals surface area contributed by atoms with Gasteiger partial charge in [0, 0.05) is 99.0 Å². The van der Waals surface area contributed by atoms with E-state index in [0.717, 1.165) is 89.0 Å². The fourth-order valence-corrected chi connectivity index (χ4v) is 11.8. The Labute approximate surface area is 419 Å². The molecule has 10 rings (SSSR count). The molecule has 4 aromatic carbocycles. The number of nitrogens with one attached hydrogen (secondary N) is 3. The van der Waals surface area contributed by atoms with E-state index in [1.165, 1.54) is 13.2 Å². The fourth-order valence-electron chi connectivity index (χ4n) is 10.5. The topological polar surface area (TPSA) is 170 Å². The quantitative estimate of drug-likeness (QED) is 0.0581. The van der Waals surface area contributed by atoms with Crippen molar-refractivity contribution in [2.75, 3.05) is 86.7 Å². The van der Waals surface area contributed by atoms with Gasteiger partial charge in [0.1, 0.15) is 29.0 Å². The molecule has 73 heavy (non-hydrogen) atoms. The third kappa shape index (κ3) is 9.89. The zero-order valence-corrected chi connectivity index (χ0v) is 41.6. The second-order valence-electron chi connectivity index (χ2n) is 19.1. The summed E-state index contributed by atoms with van der Waals surface area (Å²) in [4.78, 5) is 66.9. The van der Waals surface area contributed by atoms with Crippen LogP contribution in [0, 0.1) is 11.7 Å². The van der Waals surface area contributed by atoms with Gasteiger partial charge >= 0.3 is 6.18 Å². The predicted octanol–water partition coefficient (Wildman–Crippen LogP) is 7.88. The number of hydrogen-bond donors (Lipinski definition) is 3. The Morgan fingerprint density at radius 3 is 2.23 bits per heavy atom. The van der Waals surface area contributed by atoms with E-state index in [2.05, 4.69) is 54.1 Å². The standard InChI is InChI=1S/C52H54F4N11O5P/c1-63-29-32(27-58-63)34-24-40(60-51-57-28-37(52(54,55)56)47(62-51)59-39-10-9-31-7-5-6-8-33(31)46(39)73(3)4)44(72-2)26-42(34)66-21-19-64(20-22-66)16-13-30-14-17-65(18-15-30)43-25-36-35(23-38(43)53)49(70)67(50(36)71)41-11-12-45(68)61-48(41)69/h5-10,23-30,41H,11-22H2,1-4H3,(H,61,68,69)(H2,57,59,60,62). The van der Waals surface area contributed by atoms with Crippen LogP contribution < -0.4 is 35.8 Å². The lowest BCUT2D eigenvalue weighted by Gasteiger charge is -2.39. The number of carbonyl (C=O) groups is 4. The van der Waals surface area contributed by atoms with Crippen LogP contribution in [0.4, 0.5) is 52.1 Å². The monoisotopic (exact) mass is 1020 g/mol. The second-order valence-corrected chi connectivity index (χ2v) is 21.3. The molecule has 0 aliphatic carbocycles. The summed E-state index contributed by atoms with van der Waals surface area (Å²) in [5.74, 6) is -2.78. The number of fused-ring (bicyclic) bond motifs is 2. The van der Waals surface area contributed by atoms with Gasteiger partial charge < -0.3 is 25.2 Å². The van der Waals surface area contributed by atoms with E-state index in [4.69, 9.17) is 4.74 Å². The van der Waals surface area contributed by atoms with Crippen LogP contribution in [0.2, 0.25) is 0 Å². The molecular weight excluding hydrogens is 966 g/mol. The van der Waals surface area contributed by atoms with Gasteiger partial charge in [-0.15, -0.1) is 0 Å². The Balaban J connectivity index is 0.799. The van der Waals surface area contributed by atoms with Crippen molar-refractivity contribution in [3.63, 3.8) is 0 Å². The van der Waals surface area contributed by atoms with Crippen LogP contribution in [0.3, 0.4) is 0 Å². The average molecular weight is 1020 g/mol. The van der Waals surface area contributed by atoms with Crippen LogP contribution >= 0.6 is 7.92 Å². The highest BCUT2D eigenvalue weighted by atomic mass is 31.1. The molecule has 6 heterocycles. The summed E-state index contributed by atoms with van der Waals surface area (Å²) in [6.07, 6.45) is 2.34. The molecule has 21 heteroatoms. The smallest absolute Gasteiger partial charge is 0.421 e. The summed E-state index contributed by atoms with van der Waals surface area (Å²) in [7, 11) is 2.64. The number of carbonyl (C=O) groups excluding carboxylic acids is 4. The minimum Gasteiger partial charge on any atom is -0.494 e. The number of piperidine rings is 2. The van der Waals surface area contributed by atoms with Crippen LogP contribution in [0.5, 0.6) is 5.75 Å². The summed E-state index contributed by atoms with van der Waals surface area (Å²) >= 11 is 0. The minimum absolute atomic E-state index is 0.00286. The molecule has 0 radical (unpaired) electrons. The molecule has 0 bridgehead atoms. The third-order valence-corrected chi connectivity index (χ3v) is 15.7. The highest BCUT2D eigenvalue weighted by Gasteiger charge is 2.45. The molecule has 380 valence electrons. The number of nitrogens with zero attached hydrogens (tertiary/aromatic N) is 8. The van der Waals surface area contributed by atoms with Crippen LogP contribution in [0.1, 0.15) is 58.4 Å². The van der Waals surface area contributed by atoms with Crippen molar-refractivity contribution in [1.29, 1.82) is 0 Å². The Hall–Kier alpha value is -7.18. The molecule has 3 N–H and O–H groups in total. The second kappa shape index (κ2) is 20.0. The summed E-state index contributed by atoms with van der Waals surface area (Å²) in [6.45, 7) is 9.18. The lowest BCUT2D eigenvalue weighted by atomic mass is 9.92. The highest BCUT2D eigenvalue weighted by molar-refractivity contribution is 7.65. The molecule has 16 nitrogen and oxygen atoms in total. The first-order valence-electron chi connectivity index (χ1n) is 24.2. The summed E-state index contributed by atoms with van der Waals surface area (Å²) in [5, 5.41) is 15.7. The van der Waals surface area contributed by atoms with Crippen LogP contribution in [0.25, 0.3) is 21.9 Å². The Morgan fingerprint density at radius 1 is 0.822 bits per heavy atom. The van der Waals surface area contributed by atoms with E-state index < -0.39 is 55.1 Å². The predicted molar refractivity (Wildman–Crippen MR) is 272 cm³/mol. The maximum absolute atomic E-state index is 15.6. The average Bonchev–Trinajstić information content (AvgIpc) is 3.91. The number of hydrogen-bond acceptors (Lipinski definition) is 13. The van der Waals surface area contributed by atoms with Crippen LogP contribution in [-0.4, -0.2) is 125 Å². The number of imide groups is 2. The molecule has 6 aromatic rings. The number of aromatic nitrogens is 4. The van der Waals surface area contributed by atoms with Gasteiger partial charge in [-0.2, -0.15) is 23.3 Å². The highest BCUT2D eigenvalue weighted by Crippen LogP contribution is 2.43. The lowest BCUT2D eigenvalue weighted by Crippen LogP contribution is -2.54. The SMILES string of the molecule is COc1cc(N2CCN(CCC3CCN(c4cc5c(cc4F)C(=O)N(C4CCC(=O)NC4=O)C5=O)CC3)CC2)c(-c2cnn(C)c2)cc1Nc1ncc(C(F)(F)F)c(Nc2ccc3ccccc3c2P(C)C)n1. The summed E-state index contributed by atoms with van der Waals surface area (Å²) in [5.41, 5.74) is 2.80. The third-order valence-electron chi connectivity index (χ3n) is 14.3. The molecule has 2 aromatic heterocycles. The number of alkyl halides is 3. The van der Waals surface area contributed by atoms with Gasteiger partial charge in [0.05, 0.1) is 35.8 Å². The number of halogens is 4. The largest absolute Gasteiger partial charge is 0.494 e. The van der Waals surface area contributed by atoms with E-state index in [1.807, 2.05) is 60.6 Å². The molecule has 1 unspecified atom stereocenters. The molecule has 1 atom stereocenters. The fraction of sp³-hybridized carbons (Fsp3) is 0.365. The summed E-state index contributed by atoms with van der Waals surface area (Å²) < 4.78 is 66.8. The Bertz CT molecular complexity index is 3150. The number of methoxy groups -OCH3 is 1. The molecule has 4 aliphatic rings. The van der Waals surface area contributed by atoms with Gasteiger partial charge in [-0.25, -0.2) is 9.37 Å². The molecule has 3 saturated heterocycles. The number of anilines is 6. The minimum atomic E-state index is -4.73. The Kier molecular flexibility index (Phi) is 13.6. The van der Waals surface area contributed by atoms with Crippen molar-refractivity contribution in [3.05, 3.63) is 102 Å². The first-order chi connectivity index (χ1) is 35.0. The zero-order chi connectivity index (χ0) is 51.3. The number of piperazine rings is 1.